The average molecular weight is 486 g/mol. The Bertz CT molecular complexity index is 923. The van der Waals surface area contributed by atoms with Gasteiger partial charge in [0.2, 0.25) is 5.91 Å². The summed E-state index contributed by atoms with van der Waals surface area (Å²) in [6, 6.07) is 6.94. The van der Waals surface area contributed by atoms with E-state index in [0.717, 1.165) is 50.6 Å². The number of likely N-dealkylation sites (tertiary alicyclic amines) is 2. The van der Waals surface area contributed by atoms with Crippen molar-refractivity contribution in [3.8, 4) is 0 Å². The molecule has 184 valence electrons. The van der Waals surface area contributed by atoms with Gasteiger partial charge in [0.05, 0.1) is 0 Å². The molecule has 8 nitrogen and oxygen atoms in total. The van der Waals surface area contributed by atoms with Gasteiger partial charge in [-0.2, -0.15) is 4.99 Å². The third-order valence-electron chi connectivity index (χ3n) is 6.81. The summed E-state index contributed by atoms with van der Waals surface area (Å²) >= 11 is 1.39. The molecular weight excluding hydrogens is 450 g/mol. The van der Waals surface area contributed by atoms with Gasteiger partial charge in [0.1, 0.15) is 5.25 Å². The third-order valence-corrected chi connectivity index (χ3v) is 8.02. The Hall–Kier alpha value is -2.39. The van der Waals surface area contributed by atoms with Gasteiger partial charge in [-0.15, -0.1) is 0 Å². The van der Waals surface area contributed by atoms with Crippen molar-refractivity contribution in [3.05, 3.63) is 29.8 Å². The van der Waals surface area contributed by atoms with Crippen molar-refractivity contribution in [2.75, 3.05) is 45.1 Å². The number of aliphatic imine (C=N–C) groups is 1. The van der Waals surface area contributed by atoms with Crippen molar-refractivity contribution in [1.82, 2.24) is 15.1 Å². The Balaban J connectivity index is 1.22. The van der Waals surface area contributed by atoms with Crippen molar-refractivity contribution >= 4 is 40.3 Å². The van der Waals surface area contributed by atoms with Crippen LogP contribution in [0.1, 0.15) is 55.3 Å². The van der Waals surface area contributed by atoms with E-state index in [0.29, 0.717) is 23.7 Å². The molecule has 3 amide bonds. The number of nitrogens with zero attached hydrogens (tertiary/aromatic N) is 3. The Morgan fingerprint density at radius 2 is 1.88 bits per heavy atom. The van der Waals surface area contributed by atoms with Crippen molar-refractivity contribution in [3.63, 3.8) is 0 Å². The molecule has 1 atom stereocenters. The van der Waals surface area contributed by atoms with Crippen LogP contribution in [0.5, 0.6) is 0 Å². The van der Waals surface area contributed by atoms with E-state index in [9.17, 15) is 14.4 Å². The number of hydrogen-bond acceptors (Lipinski definition) is 6. The first-order chi connectivity index (χ1) is 16.5. The van der Waals surface area contributed by atoms with E-state index in [1.165, 1.54) is 31.0 Å². The number of nitrogens with one attached hydrogen (secondary N) is 2. The van der Waals surface area contributed by atoms with Crippen LogP contribution in [0, 0.1) is 5.92 Å². The fraction of sp³-hybridized carbons (Fsp3) is 0.600. The second-order valence-electron chi connectivity index (χ2n) is 9.51. The van der Waals surface area contributed by atoms with Gasteiger partial charge in [0, 0.05) is 37.3 Å². The molecule has 1 unspecified atom stereocenters. The Morgan fingerprint density at radius 1 is 1.12 bits per heavy atom. The summed E-state index contributed by atoms with van der Waals surface area (Å²) in [5, 5.41) is 6.11. The van der Waals surface area contributed by atoms with Crippen LogP contribution in [0.3, 0.4) is 0 Å². The zero-order chi connectivity index (χ0) is 23.9. The largest absolute Gasteiger partial charge is 0.352 e. The predicted molar refractivity (Wildman–Crippen MR) is 136 cm³/mol. The number of benzene rings is 1. The number of amides is 3. The van der Waals surface area contributed by atoms with Gasteiger partial charge in [-0.05, 0) is 82.8 Å². The van der Waals surface area contributed by atoms with Crippen LogP contribution in [0.15, 0.2) is 29.3 Å². The van der Waals surface area contributed by atoms with Crippen LogP contribution in [-0.2, 0) is 9.59 Å². The highest BCUT2D eigenvalue weighted by molar-refractivity contribution is 8.15. The van der Waals surface area contributed by atoms with E-state index in [-0.39, 0.29) is 24.1 Å². The molecule has 9 heteroatoms. The Kier molecular flexibility index (Phi) is 8.61. The minimum atomic E-state index is -0.483. The van der Waals surface area contributed by atoms with E-state index < -0.39 is 5.25 Å². The lowest BCUT2D eigenvalue weighted by molar-refractivity contribution is -0.121. The second-order valence-corrected chi connectivity index (χ2v) is 10.7. The van der Waals surface area contributed by atoms with Crippen LogP contribution >= 0.6 is 11.8 Å². The van der Waals surface area contributed by atoms with Gasteiger partial charge >= 0.3 is 0 Å². The standard InChI is InChI=1S/C25H35N5O3S/c1-29-14-9-18(10-15-29)8-11-26-23(32)19-6-5-7-20(16-19)27-22(31)17-21-24(33)28-25(34-21)30-12-3-2-4-13-30/h5-7,16,18,21H,2-4,8-15,17H2,1H3,(H,26,32)(H,27,31). The van der Waals surface area contributed by atoms with Gasteiger partial charge < -0.3 is 20.4 Å². The summed E-state index contributed by atoms with van der Waals surface area (Å²) in [5.41, 5.74) is 1.07. The lowest BCUT2D eigenvalue weighted by atomic mass is 9.94. The van der Waals surface area contributed by atoms with E-state index in [4.69, 9.17) is 0 Å². The summed E-state index contributed by atoms with van der Waals surface area (Å²) < 4.78 is 0. The summed E-state index contributed by atoms with van der Waals surface area (Å²) in [7, 11) is 2.15. The molecule has 4 rings (SSSR count). The number of rotatable bonds is 7. The first-order valence-corrected chi connectivity index (χ1v) is 13.3. The number of anilines is 1. The van der Waals surface area contributed by atoms with Gasteiger partial charge in [-0.25, -0.2) is 0 Å². The molecule has 2 N–H and O–H groups in total. The van der Waals surface area contributed by atoms with Crippen LogP contribution in [0.4, 0.5) is 5.69 Å². The zero-order valence-electron chi connectivity index (χ0n) is 19.9. The molecule has 0 saturated carbocycles. The molecule has 3 heterocycles. The van der Waals surface area contributed by atoms with Crippen LogP contribution in [0.2, 0.25) is 0 Å². The van der Waals surface area contributed by atoms with Crippen molar-refractivity contribution < 1.29 is 14.4 Å². The van der Waals surface area contributed by atoms with Gasteiger partial charge in [-0.1, -0.05) is 17.8 Å². The maximum Gasteiger partial charge on any atom is 0.262 e. The summed E-state index contributed by atoms with van der Waals surface area (Å²) in [5.74, 6) is 0.0436. The maximum absolute atomic E-state index is 12.6. The fourth-order valence-corrected chi connectivity index (χ4v) is 5.81. The van der Waals surface area contributed by atoms with Gasteiger partial charge in [0.25, 0.3) is 11.8 Å². The lowest BCUT2D eigenvalue weighted by Gasteiger charge is -2.28. The smallest absolute Gasteiger partial charge is 0.262 e. The minimum Gasteiger partial charge on any atom is -0.352 e. The maximum atomic E-state index is 12.6. The summed E-state index contributed by atoms with van der Waals surface area (Å²) in [6.45, 7) is 4.74. The molecule has 0 aliphatic carbocycles. The number of carbonyl (C=O) groups excluding carboxylic acids is 3. The number of hydrogen-bond donors (Lipinski definition) is 2. The zero-order valence-corrected chi connectivity index (χ0v) is 20.7. The molecule has 3 aliphatic rings. The first-order valence-electron chi connectivity index (χ1n) is 12.4. The van der Waals surface area contributed by atoms with Crippen molar-refractivity contribution in [2.45, 2.75) is 50.2 Å². The SMILES string of the molecule is CN1CCC(CCNC(=O)c2cccc(NC(=O)CC3SC(N4CCCCC4)=NC3=O)c2)CC1. The molecule has 0 spiro atoms. The molecule has 1 aromatic rings. The fourth-order valence-electron chi connectivity index (χ4n) is 4.69. The van der Waals surface area contributed by atoms with E-state index in [1.807, 2.05) is 0 Å². The molecule has 0 bridgehead atoms. The lowest BCUT2D eigenvalue weighted by Crippen LogP contribution is -2.33. The quantitative estimate of drug-likeness (QED) is 0.617. The van der Waals surface area contributed by atoms with Crippen molar-refractivity contribution in [2.24, 2.45) is 10.9 Å². The van der Waals surface area contributed by atoms with Crippen LogP contribution in [0.25, 0.3) is 0 Å². The van der Waals surface area contributed by atoms with Crippen LogP contribution in [-0.4, -0.2) is 77.7 Å². The molecule has 2 saturated heterocycles. The van der Waals surface area contributed by atoms with Crippen molar-refractivity contribution in [1.29, 1.82) is 0 Å². The normalized spacial score (nSPS) is 21.9. The predicted octanol–water partition coefficient (Wildman–Crippen LogP) is 2.96. The van der Waals surface area contributed by atoms with Crippen LogP contribution < -0.4 is 10.6 Å². The monoisotopic (exact) mass is 485 g/mol. The average Bonchev–Trinajstić information content (AvgIpc) is 3.21. The molecule has 1 aromatic carbocycles. The van der Waals surface area contributed by atoms with E-state index >= 15 is 0 Å². The Morgan fingerprint density at radius 3 is 2.65 bits per heavy atom. The highest BCUT2D eigenvalue weighted by Gasteiger charge is 2.33. The summed E-state index contributed by atoms with van der Waals surface area (Å²) in [6.07, 6.45) is 6.86. The molecular formula is C25H35N5O3S. The van der Waals surface area contributed by atoms with Gasteiger partial charge in [-0.3, -0.25) is 14.4 Å². The number of piperidine rings is 2. The molecule has 0 aromatic heterocycles. The third kappa shape index (κ3) is 6.82. The van der Waals surface area contributed by atoms with Gasteiger partial charge in [0.15, 0.2) is 5.17 Å². The molecule has 34 heavy (non-hydrogen) atoms. The first kappa shape index (κ1) is 24.7. The Labute approximate surface area is 205 Å². The summed E-state index contributed by atoms with van der Waals surface area (Å²) in [4.78, 5) is 46.2. The number of carbonyl (C=O) groups is 3. The highest BCUT2D eigenvalue weighted by atomic mass is 32.2. The molecule has 0 radical (unpaired) electrons. The number of thioether (sulfide) groups is 1. The second kappa shape index (κ2) is 11.8. The minimum absolute atomic E-state index is 0.0668. The number of amidine groups is 1. The topological polar surface area (TPSA) is 94.1 Å². The van der Waals surface area contributed by atoms with E-state index in [1.54, 1.807) is 24.3 Å². The molecule has 3 aliphatic heterocycles. The highest BCUT2D eigenvalue weighted by Crippen LogP contribution is 2.29. The van der Waals surface area contributed by atoms with E-state index in [2.05, 4.69) is 32.5 Å². The molecule has 2 fully saturated rings.